The highest BCUT2D eigenvalue weighted by Gasteiger charge is 2.19. The van der Waals surface area contributed by atoms with Gasteiger partial charge in [0.25, 0.3) is 0 Å². The van der Waals surface area contributed by atoms with Crippen LogP contribution in [0.3, 0.4) is 0 Å². The van der Waals surface area contributed by atoms with Crippen LogP contribution >= 0.6 is 0 Å². The van der Waals surface area contributed by atoms with E-state index in [1.165, 1.54) is 18.4 Å². The van der Waals surface area contributed by atoms with Crippen molar-refractivity contribution in [3.63, 3.8) is 0 Å². The number of hydrogen-bond acceptors (Lipinski definition) is 3. The number of rotatable bonds is 7. The normalized spacial score (nSPS) is 16.9. The number of nitrogens with zero attached hydrogens (tertiary/aromatic N) is 2. The summed E-state index contributed by atoms with van der Waals surface area (Å²) in [7, 11) is 1.71. The summed E-state index contributed by atoms with van der Waals surface area (Å²) in [5.74, 6) is 2.56. The summed E-state index contributed by atoms with van der Waals surface area (Å²) in [6, 6.07) is 8.82. The first-order valence-electron chi connectivity index (χ1n) is 9.50. The van der Waals surface area contributed by atoms with Crippen molar-refractivity contribution in [3.8, 4) is 5.75 Å². The molecule has 0 unspecified atom stereocenters. The summed E-state index contributed by atoms with van der Waals surface area (Å²) < 4.78 is 5.22. The lowest BCUT2D eigenvalue weighted by Gasteiger charge is -2.31. The zero-order chi connectivity index (χ0) is 18.1. The van der Waals surface area contributed by atoms with E-state index in [9.17, 15) is 0 Å². The zero-order valence-corrected chi connectivity index (χ0v) is 16.2. The molecule has 0 radical (unpaired) electrons. The zero-order valence-electron chi connectivity index (χ0n) is 16.2. The Morgan fingerprint density at radius 3 is 2.48 bits per heavy atom. The Kier molecular flexibility index (Phi) is 8.06. The quantitative estimate of drug-likeness (QED) is 0.589. The Morgan fingerprint density at radius 2 is 1.92 bits per heavy atom. The van der Waals surface area contributed by atoms with E-state index in [4.69, 9.17) is 9.73 Å². The minimum atomic E-state index is 0.407. The maximum atomic E-state index is 5.22. The van der Waals surface area contributed by atoms with Crippen LogP contribution < -0.4 is 15.4 Å². The Bertz CT molecular complexity index is 519. The second kappa shape index (κ2) is 10.3. The molecule has 140 valence electrons. The van der Waals surface area contributed by atoms with Gasteiger partial charge >= 0.3 is 0 Å². The second-order valence-electron chi connectivity index (χ2n) is 7.09. The Balaban J connectivity index is 1.76. The molecule has 5 heteroatoms. The molecule has 0 saturated carbocycles. The van der Waals surface area contributed by atoms with Gasteiger partial charge in [0.05, 0.1) is 7.11 Å². The van der Waals surface area contributed by atoms with Crippen LogP contribution in [0.5, 0.6) is 5.75 Å². The fourth-order valence-corrected chi connectivity index (χ4v) is 3.13. The van der Waals surface area contributed by atoms with Gasteiger partial charge in [-0.25, -0.2) is 0 Å². The lowest BCUT2D eigenvalue weighted by atomic mass is 9.96. The van der Waals surface area contributed by atoms with Crippen molar-refractivity contribution in [2.45, 2.75) is 46.2 Å². The monoisotopic (exact) mass is 346 g/mol. The largest absolute Gasteiger partial charge is 0.497 e. The molecule has 1 aliphatic heterocycles. The van der Waals surface area contributed by atoms with E-state index >= 15 is 0 Å². The van der Waals surface area contributed by atoms with E-state index in [1.54, 1.807) is 7.11 Å². The van der Waals surface area contributed by atoms with Crippen LogP contribution in [0.25, 0.3) is 0 Å². The first-order valence-corrected chi connectivity index (χ1v) is 9.50. The van der Waals surface area contributed by atoms with Gasteiger partial charge < -0.3 is 15.4 Å². The van der Waals surface area contributed by atoms with E-state index in [0.717, 1.165) is 44.4 Å². The summed E-state index contributed by atoms with van der Waals surface area (Å²) in [4.78, 5) is 7.31. The van der Waals surface area contributed by atoms with Gasteiger partial charge in [-0.15, -0.1) is 0 Å². The molecule has 1 fully saturated rings. The van der Waals surface area contributed by atoms with Crippen LogP contribution in [0.2, 0.25) is 0 Å². The van der Waals surface area contributed by atoms with Crippen LogP contribution in [0.1, 0.15) is 39.2 Å². The number of hydrogen-bond donors (Lipinski definition) is 2. The number of guanidine groups is 1. The molecule has 1 heterocycles. The molecule has 0 amide bonds. The second-order valence-corrected chi connectivity index (χ2v) is 7.09. The molecule has 1 aliphatic rings. The van der Waals surface area contributed by atoms with Crippen molar-refractivity contribution in [2.75, 3.05) is 33.3 Å². The number of methoxy groups -OCH3 is 1. The SMILES string of the molecule is CCNC(=NCC1CCN(Cc2ccc(OC)cc2)CC1)NC(C)C. The smallest absolute Gasteiger partial charge is 0.191 e. The molecule has 1 saturated heterocycles. The molecule has 25 heavy (non-hydrogen) atoms. The van der Waals surface area contributed by atoms with Gasteiger partial charge in [0.15, 0.2) is 5.96 Å². The van der Waals surface area contributed by atoms with Gasteiger partial charge in [-0.1, -0.05) is 12.1 Å². The molecule has 0 atom stereocenters. The van der Waals surface area contributed by atoms with Crippen molar-refractivity contribution in [3.05, 3.63) is 29.8 Å². The van der Waals surface area contributed by atoms with Gasteiger partial charge in [0.2, 0.25) is 0 Å². The summed E-state index contributed by atoms with van der Waals surface area (Å²) >= 11 is 0. The fourth-order valence-electron chi connectivity index (χ4n) is 3.13. The van der Waals surface area contributed by atoms with Crippen molar-refractivity contribution in [2.24, 2.45) is 10.9 Å². The van der Waals surface area contributed by atoms with Gasteiger partial charge in [-0.2, -0.15) is 0 Å². The van der Waals surface area contributed by atoms with Crippen LogP contribution in [-0.2, 0) is 6.54 Å². The number of piperidine rings is 1. The van der Waals surface area contributed by atoms with Crippen molar-refractivity contribution >= 4 is 5.96 Å². The van der Waals surface area contributed by atoms with Gasteiger partial charge in [0.1, 0.15) is 5.75 Å². The third-order valence-electron chi connectivity index (χ3n) is 4.55. The molecule has 2 rings (SSSR count). The third-order valence-corrected chi connectivity index (χ3v) is 4.55. The molecular weight excluding hydrogens is 312 g/mol. The molecule has 1 aromatic carbocycles. The minimum absolute atomic E-state index is 0.407. The maximum absolute atomic E-state index is 5.22. The van der Waals surface area contributed by atoms with Crippen LogP contribution in [-0.4, -0.2) is 50.2 Å². The Labute approximate surface area is 152 Å². The molecule has 1 aromatic rings. The van der Waals surface area contributed by atoms with Crippen molar-refractivity contribution < 1.29 is 4.74 Å². The lowest BCUT2D eigenvalue weighted by Crippen LogP contribution is -2.41. The Hall–Kier alpha value is -1.75. The van der Waals surface area contributed by atoms with E-state index in [1.807, 2.05) is 12.1 Å². The van der Waals surface area contributed by atoms with Crippen LogP contribution in [0.4, 0.5) is 0 Å². The van der Waals surface area contributed by atoms with Crippen LogP contribution in [0.15, 0.2) is 29.3 Å². The summed E-state index contributed by atoms with van der Waals surface area (Å²) in [6.07, 6.45) is 2.45. The predicted molar refractivity (Wildman–Crippen MR) is 105 cm³/mol. The van der Waals surface area contributed by atoms with Gasteiger partial charge in [-0.3, -0.25) is 9.89 Å². The summed E-state index contributed by atoms with van der Waals surface area (Å²) in [5, 5.41) is 6.71. The highest BCUT2D eigenvalue weighted by Crippen LogP contribution is 2.20. The third kappa shape index (κ3) is 6.94. The maximum Gasteiger partial charge on any atom is 0.191 e. The highest BCUT2D eigenvalue weighted by molar-refractivity contribution is 5.79. The number of nitrogens with one attached hydrogen (secondary N) is 2. The van der Waals surface area contributed by atoms with E-state index in [0.29, 0.717) is 12.0 Å². The Morgan fingerprint density at radius 1 is 1.24 bits per heavy atom. The van der Waals surface area contributed by atoms with Crippen LogP contribution in [0, 0.1) is 5.92 Å². The lowest BCUT2D eigenvalue weighted by molar-refractivity contribution is 0.180. The summed E-state index contributed by atoms with van der Waals surface area (Å²) in [6.45, 7) is 11.5. The average molecular weight is 347 g/mol. The number of likely N-dealkylation sites (tertiary alicyclic amines) is 1. The molecule has 0 bridgehead atoms. The molecule has 0 aliphatic carbocycles. The first-order chi connectivity index (χ1) is 12.1. The molecule has 0 aromatic heterocycles. The van der Waals surface area contributed by atoms with Crippen molar-refractivity contribution in [1.82, 2.24) is 15.5 Å². The molecule has 0 spiro atoms. The summed E-state index contributed by atoms with van der Waals surface area (Å²) in [5.41, 5.74) is 1.35. The predicted octanol–water partition coefficient (Wildman–Crippen LogP) is 2.87. The standard InChI is InChI=1S/C20H34N4O/c1-5-21-20(23-16(2)3)22-14-17-10-12-24(13-11-17)15-18-6-8-19(25-4)9-7-18/h6-9,16-17H,5,10-15H2,1-4H3,(H2,21,22,23). The molecular formula is C20H34N4O. The number of aliphatic imine (C=N–C) groups is 1. The molecule has 5 nitrogen and oxygen atoms in total. The number of ether oxygens (including phenoxy) is 1. The average Bonchev–Trinajstić information content (AvgIpc) is 2.61. The highest BCUT2D eigenvalue weighted by atomic mass is 16.5. The van der Waals surface area contributed by atoms with Gasteiger partial charge in [0, 0.05) is 25.7 Å². The number of benzene rings is 1. The first kappa shape index (κ1) is 19.6. The topological polar surface area (TPSA) is 48.9 Å². The van der Waals surface area contributed by atoms with E-state index < -0.39 is 0 Å². The van der Waals surface area contributed by atoms with Gasteiger partial charge in [-0.05, 0) is 70.3 Å². The van der Waals surface area contributed by atoms with E-state index in [2.05, 4.69) is 48.4 Å². The fraction of sp³-hybridized carbons (Fsp3) is 0.650. The van der Waals surface area contributed by atoms with Crippen molar-refractivity contribution in [1.29, 1.82) is 0 Å². The van der Waals surface area contributed by atoms with E-state index in [-0.39, 0.29) is 0 Å². The molecule has 2 N–H and O–H groups in total. The minimum Gasteiger partial charge on any atom is -0.497 e.